The molecule has 4 heteroatoms. The van der Waals surface area contributed by atoms with Crippen LogP contribution >= 0.6 is 0 Å². The zero-order valence-electron chi connectivity index (χ0n) is 19.6. The molecule has 2 unspecified atom stereocenters. The number of carbonyl (C=O) groups excluding carboxylic acids is 2. The first-order chi connectivity index (χ1) is 14.6. The summed E-state index contributed by atoms with van der Waals surface area (Å²) in [6, 6.07) is 1.99. The van der Waals surface area contributed by atoms with Crippen LogP contribution in [0.2, 0.25) is 0 Å². The van der Waals surface area contributed by atoms with E-state index in [1.807, 2.05) is 12.1 Å². The lowest BCUT2D eigenvalue weighted by Crippen LogP contribution is -2.62. The van der Waals surface area contributed by atoms with Crippen LogP contribution in [0.5, 0.6) is 0 Å². The number of carbonyl (C=O) groups is 2. The lowest BCUT2D eigenvalue weighted by molar-refractivity contribution is -0.198. The highest BCUT2D eigenvalue weighted by Gasteiger charge is 2.68. The third-order valence-electron chi connectivity index (χ3n) is 10.5. The third-order valence-corrected chi connectivity index (χ3v) is 10.5. The van der Waals surface area contributed by atoms with Crippen molar-refractivity contribution < 1.29 is 18.7 Å². The van der Waals surface area contributed by atoms with Crippen LogP contribution < -0.4 is 0 Å². The maximum Gasteiger partial charge on any atom is 0.311 e. The Morgan fingerprint density at radius 2 is 1.77 bits per heavy atom. The molecule has 1 aromatic heterocycles. The monoisotopic (exact) mass is 424 g/mol. The average molecular weight is 425 g/mol. The summed E-state index contributed by atoms with van der Waals surface area (Å²) in [5.74, 6) is 1.02. The predicted octanol–water partition coefficient (Wildman–Crippen LogP) is 6.06. The molecule has 0 radical (unpaired) electrons. The summed E-state index contributed by atoms with van der Waals surface area (Å²) in [4.78, 5) is 26.4. The molecule has 5 rings (SSSR count). The normalized spacial score (nSPS) is 46.5. The van der Waals surface area contributed by atoms with E-state index in [2.05, 4.69) is 27.7 Å². The Balaban J connectivity index is 1.55. The number of allylic oxidation sites excluding steroid dienone is 2. The number of fused-ring (bicyclic) bond motifs is 5. The second-order valence-corrected chi connectivity index (χ2v) is 11.8. The molecule has 0 saturated heterocycles. The predicted molar refractivity (Wildman–Crippen MR) is 119 cm³/mol. The van der Waals surface area contributed by atoms with Crippen molar-refractivity contribution in [3.63, 3.8) is 0 Å². The number of hydrogen-bond acceptors (Lipinski definition) is 4. The lowest BCUT2D eigenvalue weighted by Gasteiger charge is -2.67. The van der Waals surface area contributed by atoms with Gasteiger partial charge in [-0.05, 0) is 85.8 Å². The highest BCUT2D eigenvalue weighted by atomic mass is 16.5. The fraction of sp³-hybridized carbons (Fsp3) is 0.704. The standard InChI is InChI=1S/C27H36O4/c1-24-12-7-20-25(2)10-6-11-27(4,23(29)30-5)21(25)8-13-26(20,3)22(24)19(28)15-18(24)17-9-14-31-16-17/h9,14-16,20-22H,6-8,10-13H2,1-5H3/t20?,21?,22-,24+,25+,26+,27-/m0/s1. The minimum atomic E-state index is -0.413. The van der Waals surface area contributed by atoms with Crippen LogP contribution in [0, 0.1) is 39.4 Å². The average Bonchev–Trinajstić information content (AvgIpc) is 3.33. The first-order valence-corrected chi connectivity index (χ1v) is 12.0. The van der Waals surface area contributed by atoms with Crippen LogP contribution in [-0.2, 0) is 14.3 Å². The van der Waals surface area contributed by atoms with Gasteiger partial charge in [-0.15, -0.1) is 0 Å². The van der Waals surface area contributed by atoms with Gasteiger partial charge in [-0.1, -0.05) is 27.2 Å². The number of ketones is 1. The molecule has 4 aliphatic rings. The number of rotatable bonds is 2. The van der Waals surface area contributed by atoms with Crippen LogP contribution in [0.15, 0.2) is 29.1 Å². The quantitative estimate of drug-likeness (QED) is 0.541. The van der Waals surface area contributed by atoms with Crippen molar-refractivity contribution in [2.45, 2.75) is 72.6 Å². The minimum Gasteiger partial charge on any atom is -0.472 e. The van der Waals surface area contributed by atoms with Crippen molar-refractivity contribution in [1.82, 2.24) is 0 Å². The van der Waals surface area contributed by atoms with Crippen LogP contribution in [0.3, 0.4) is 0 Å². The Bertz CT molecular complexity index is 944. The van der Waals surface area contributed by atoms with Gasteiger partial charge in [0.15, 0.2) is 5.78 Å². The fourth-order valence-corrected chi connectivity index (χ4v) is 9.31. The van der Waals surface area contributed by atoms with Gasteiger partial charge in [-0.25, -0.2) is 0 Å². The third kappa shape index (κ3) is 2.54. The van der Waals surface area contributed by atoms with Crippen LogP contribution in [0.4, 0.5) is 0 Å². The summed E-state index contributed by atoms with van der Waals surface area (Å²) in [5, 5.41) is 0. The SMILES string of the molecule is COC(=O)[C@@]1(C)CCC[C@@]2(C)C1CC[C@]1(C)C2CC[C@]2(C)C(c3ccoc3)=CC(=O)[C@@H]21. The van der Waals surface area contributed by atoms with E-state index in [1.165, 1.54) is 7.11 Å². The Labute approximate surface area is 185 Å². The van der Waals surface area contributed by atoms with Crippen LogP contribution in [-0.4, -0.2) is 18.9 Å². The Morgan fingerprint density at radius 3 is 2.45 bits per heavy atom. The summed E-state index contributed by atoms with van der Waals surface area (Å²) >= 11 is 0. The van der Waals surface area contributed by atoms with Crippen molar-refractivity contribution in [3.05, 3.63) is 30.2 Å². The van der Waals surface area contributed by atoms with E-state index >= 15 is 0 Å². The number of furan rings is 1. The maximum atomic E-state index is 13.5. The number of hydrogen-bond donors (Lipinski definition) is 0. The Kier molecular flexibility index (Phi) is 4.47. The highest BCUT2D eigenvalue weighted by Crippen LogP contribution is 2.73. The van der Waals surface area contributed by atoms with E-state index in [-0.39, 0.29) is 28.1 Å². The summed E-state index contributed by atoms with van der Waals surface area (Å²) in [6.07, 6.45) is 12.6. The first-order valence-electron chi connectivity index (χ1n) is 12.0. The minimum absolute atomic E-state index is 0.00716. The fourth-order valence-electron chi connectivity index (χ4n) is 9.31. The Hall–Kier alpha value is -1.84. The largest absolute Gasteiger partial charge is 0.472 e. The topological polar surface area (TPSA) is 56.5 Å². The van der Waals surface area contributed by atoms with Gasteiger partial charge in [0, 0.05) is 16.9 Å². The lowest BCUT2D eigenvalue weighted by atomic mass is 9.37. The first kappa shape index (κ1) is 21.0. The van der Waals surface area contributed by atoms with E-state index in [1.54, 1.807) is 12.5 Å². The van der Waals surface area contributed by atoms with Crippen molar-refractivity contribution in [2.75, 3.05) is 7.11 Å². The molecule has 7 atom stereocenters. The second-order valence-electron chi connectivity index (χ2n) is 11.8. The van der Waals surface area contributed by atoms with Crippen molar-refractivity contribution in [1.29, 1.82) is 0 Å². The molecular weight excluding hydrogens is 388 g/mol. The van der Waals surface area contributed by atoms with E-state index in [0.717, 1.165) is 56.1 Å². The van der Waals surface area contributed by atoms with E-state index in [9.17, 15) is 9.59 Å². The Morgan fingerprint density at radius 1 is 1.03 bits per heavy atom. The molecule has 168 valence electrons. The zero-order valence-corrected chi connectivity index (χ0v) is 19.6. The molecule has 0 spiro atoms. The molecule has 0 N–H and O–H groups in total. The van der Waals surface area contributed by atoms with Crippen LogP contribution in [0.1, 0.15) is 78.2 Å². The molecule has 0 amide bonds. The molecular formula is C27H36O4. The highest BCUT2D eigenvalue weighted by molar-refractivity contribution is 6.06. The molecule has 0 bridgehead atoms. The van der Waals surface area contributed by atoms with Gasteiger partial charge in [-0.3, -0.25) is 9.59 Å². The summed E-state index contributed by atoms with van der Waals surface area (Å²) in [7, 11) is 1.53. The maximum absolute atomic E-state index is 13.5. The van der Waals surface area contributed by atoms with Crippen LogP contribution in [0.25, 0.3) is 5.57 Å². The van der Waals surface area contributed by atoms with Gasteiger partial charge in [0.25, 0.3) is 0 Å². The number of esters is 1. The van der Waals surface area contributed by atoms with E-state index in [0.29, 0.717) is 17.6 Å². The molecule has 4 aliphatic carbocycles. The van der Waals surface area contributed by atoms with Crippen molar-refractivity contribution >= 4 is 17.3 Å². The summed E-state index contributed by atoms with van der Waals surface area (Å²) in [6.45, 7) is 9.24. The number of methoxy groups -OCH3 is 1. The van der Waals surface area contributed by atoms with Gasteiger partial charge < -0.3 is 9.15 Å². The molecule has 1 aromatic rings. The summed E-state index contributed by atoms with van der Waals surface area (Å²) < 4.78 is 10.7. The summed E-state index contributed by atoms with van der Waals surface area (Å²) in [5.41, 5.74) is 1.67. The molecule has 0 aromatic carbocycles. The van der Waals surface area contributed by atoms with E-state index < -0.39 is 5.41 Å². The zero-order chi connectivity index (χ0) is 22.2. The van der Waals surface area contributed by atoms with Gasteiger partial charge in [0.1, 0.15) is 0 Å². The van der Waals surface area contributed by atoms with Crippen molar-refractivity contribution in [3.8, 4) is 0 Å². The molecule has 1 heterocycles. The van der Waals surface area contributed by atoms with Crippen molar-refractivity contribution in [2.24, 2.45) is 39.4 Å². The van der Waals surface area contributed by atoms with Gasteiger partial charge >= 0.3 is 5.97 Å². The molecule has 31 heavy (non-hydrogen) atoms. The number of ether oxygens (including phenoxy) is 1. The second kappa shape index (κ2) is 6.59. The van der Waals surface area contributed by atoms with Gasteiger partial charge in [0.05, 0.1) is 25.1 Å². The molecule has 0 aliphatic heterocycles. The van der Waals surface area contributed by atoms with Gasteiger partial charge in [-0.2, -0.15) is 0 Å². The molecule has 4 nitrogen and oxygen atoms in total. The smallest absolute Gasteiger partial charge is 0.311 e. The molecule has 3 saturated carbocycles. The van der Waals surface area contributed by atoms with Gasteiger partial charge in [0.2, 0.25) is 0 Å². The molecule has 3 fully saturated rings. The van der Waals surface area contributed by atoms with E-state index in [4.69, 9.17) is 9.15 Å².